The maximum atomic E-state index is 14.1. The van der Waals surface area contributed by atoms with Gasteiger partial charge in [0.05, 0.1) is 18.4 Å². The molecule has 5 rings (SSSR count). The minimum Gasteiger partial charge on any atom is -0.497 e. The number of rotatable bonds is 10. The minimum atomic E-state index is -1.00. The minimum absolute atomic E-state index is 0.0794. The van der Waals surface area contributed by atoms with Crippen LogP contribution in [0.1, 0.15) is 26.8 Å². The molecule has 9 nitrogen and oxygen atoms in total. The second kappa shape index (κ2) is 12.3. The second-order valence-corrected chi connectivity index (χ2v) is 10.9. The first-order chi connectivity index (χ1) is 20.3. The van der Waals surface area contributed by atoms with Gasteiger partial charge >= 0.3 is 0 Å². The number of benzene rings is 3. The van der Waals surface area contributed by atoms with Crippen LogP contribution in [0.4, 0.5) is 17.1 Å². The largest absolute Gasteiger partial charge is 0.497 e. The van der Waals surface area contributed by atoms with Crippen LogP contribution >= 0.6 is 11.3 Å². The molecule has 0 saturated heterocycles. The predicted octanol–water partition coefficient (Wildman–Crippen LogP) is 4.76. The van der Waals surface area contributed by atoms with Gasteiger partial charge in [-0.1, -0.05) is 30.3 Å². The van der Waals surface area contributed by atoms with Crippen LogP contribution in [0, 0.1) is 0 Å². The molecule has 4 aromatic rings. The topological polar surface area (TPSA) is 99.3 Å². The highest BCUT2D eigenvalue weighted by Crippen LogP contribution is 2.32. The van der Waals surface area contributed by atoms with Crippen molar-refractivity contribution in [2.75, 3.05) is 42.9 Å². The standard InChI is InChI=1S/C32H30N4O5S/c1-34(2)23-14-12-22(13-15-23)33-31(39)29(27-9-6-18-42-27)36(19-21-10-16-24(41-3)17-11-21)28(37)20-35-26-8-5-4-7-25(26)30(38)32(35)40/h4-18,29H,19-20H2,1-3H3,(H,33,39). The Bertz CT molecular complexity index is 1600. The summed E-state index contributed by atoms with van der Waals surface area (Å²) in [6.07, 6.45) is 0. The van der Waals surface area contributed by atoms with Crippen LogP contribution in [0.3, 0.4) is 0 Å². The van der Waals surface area contributed by atoms with Crippen molar-refractivity contribution < 1.29 is 23.9 Å². The van der Waals surface area contributed by atoms with E-state index in [1.54, 1.807) is 61.7 Å². The first-order valence-electron chi connectivity index (χ1n) is 13.3. The molecule has 0 fully saturated rings. The first-order valence-corrected chi connectivity index (χ1v) is 14.1. The Morgan fingerprint density at radius 3 is 2.29 bits per heavy atom. The zero-order valence-electron chi connectivity index (χ0n) is 23.4. The van der Waals surface area contributed by atoms with Gasteiger partial charge in [0.15, 0.2) is 0 Å². The maximum absolute atomic E-state index is 14.1. The number of carbonyl (C=O) groups excluding carboxylic acids is 4. The lowest BCUT2D eigenvalue weighted by atomic mass is 10.1. The van der Waals surface area contributed by atoms with Gasteiger partial charge in [-0.2, -0.15) is 0 Å². The van der Waals surface area contributed by atoms with Gasteiger partial charge in [-0.3, -0.25) is 24.1 Å². The van der Waals surface area contributed by atoms with Gasteiger partial charge < -0.3 is 19.9 Å². The lowest BCUT2D eigenvalue weighted by Crippen LogP contribution is -2.46. The van der Waals surface area contributed by atoms with Crippen LogP contribution in [-0.2, 0) is 20.9 Å². The Balaban J connectivity index is 1.50. The van der Waals surface area contributed by atoms with Crippen LogP contribution in [0.2, 0.25) is 0 Å². The Morgan fingerprint density at radius 2 is 1.64 bits per heavy atom. The summed E-state index contributed by atoms with van der Waals surface area (Å²) in [4.78, 5) is 58.8. The molecule has 1 N–H and O–H groups in total. The fourth-order valence-electron chi connectivity index (χ4n) is 4.81. The third kappa shape index (κ3) is 5.89. The van der Waals surface area contributed by atoms with Crippen LogP contribution < -0.4 is 19.9 Å². The van der Waals surface area contributed by atoms with E-state index in [1.165, 1.54) is 21.1 Å². The van der Waals surface area contributed by atoms with Crippen LogP contribution in [-0.4, -0.2) is 56.2 Å². The number of thiophene rings is 1. The fourth-order valence-corrected chi connectivity index (χ4v) is 5.64. The van der Waals surface area contributed by atoms with Crippen LogP contribution in [0.5, 0.6) is 5.75 Å². The Labute approximate surface area is 247 Å². The van der Waals surface area contributed by atoms with E-state index in [0.29, 0.717) is 22.0 Å². The monoisotopic (exact) mass is 582 g/mol. The highest BCUT2D eigenvalue weighted by atomic mass is 32.1. The second-order valence-electron chi connectivity index (χ2n) is 9.96. The molecule has 1 unspecified atom stereocenters. The number of hydrogen-bond acceptors (Lipinski definition) is 7. The van der Waals surface area contributed by atoms with Gasteiger partial charge in [-0.25, -0.2) is 0 Å². The van der Waals surface area contributed by atoms with E-state index in [9.17, 15) is 19.2 Å². The summed E-state index contributed by atoms with van der Waals surface area (Å²) in [5, 5.41) is 4.81. The summed E-state index contributed by atoms with van der Waals surface area (Å²) in [6, 6.07) is 23.8. The average Bonchev–Trinajstić information content (AvgIpc) is 3.61. The number of Topliss-reactive ketones (excluding diaryl/α,β-unsaturated/α-hetero) is 1. The smallest absolute Gasteiger partial charge is 0.299 e. The van der Waals surface area contributed by atoms with Crippen LogP contribution in [0.15, 0.2) is 90.3 Å². The van der Waals surface area contributed by atoms with E-state index in [-0.39, 0.29) is 12.1 Å². The van der Waals surface area contributed by atoms with Gasteiger partial charge in [0.2, 0.25) is 5.91 Å². The fraction of sp³-hybridized carbons (Fsp3) is 0.188. The molecule has 0 bridgehead atoms. The molecule has 1 aromatic heterocycles. The summed E-state index contributed by atoms with van der Waals surface area (Å²) < 4.78 is 5.28. The molecule has 0 spiro atoms. The van der Waals surface area contributed by atoms with E-state index in [4.69, 9.17) is 4.74 Å². The van der Waals surface area contributed by atoms with Gasteiger partial charge in [0, 0.05) is 36.9 Å². The molecular weight excluding hydrogens is 552 g/mol. The molecule has 1 atom stereocenters. The van der Waals surface area contributed by atoms with Crippen molar-refractivity contribution in [3.63, 3.8) is 0 Å². The van der Waals surface area contributed by atoms with Gasteiger partial charge in [-0.05, 0) is 65.5 Å². The zero-order valence-corrected chi connectivity index (χ0v) is 24.3. The number of nitrogens with one attached hydrogen (secondary N) is 1. The molecule has 2 heterocycles. The van der Waals surface area contributed by atoms with Crippen molar-refractivity contribution in [1.82, 2.24) is 4.90 Å². The number of methoxy groups -OCH3 is 1. The number of carbonyl (C=O) groups is 4. The van der Waals surface area contributed by atoms with Crippen molar-refractivity contribution in [1.29, 1.82) is 0 Å². The number of ketones is 1. The Morgan fingerprint density at radius 1 is 0.929 bits per heavy atom. The first kappa shape index (κ1) is 28.6. The number of fused-ring (bicyclic) bond motifs is 1. The summed E-state index contributed by atoms with van der Waals surface area (Å²) in [6.45, 7) is -0.319. The average molecular weight is 583 g/mol. The number of ether oxygens (including phenoxy) is 1. The third-order valence-corrected chi connectivity index (χ3v) is 7.95. The van der Waals surface area contributed by atoms with Crippen molar-refractivity contribution >= 4 is 51.9 Å². The molecule has 0 radical (unpaired) electrons. The van der Waals surface area contributed by atoms with Gasteiger partial charge in [-0.15, -0.1) is 11.3 Å². The Hall–Kier alpha value is -4.96. The molecule has 1 aliphatic rings. The molecule has 3 aromatic carbocycles. The third-order valence-electron chi connectivity index (χ3n) is 7.03. The zero-order chi connectivity index (χ0) is 29.8. The normalized spacial score (nSPS) is 13.0. The van der Waals surface area contributed by atoms with Crippen molar-refractivity contribution in [2.24, 2.45) is 0 Å². The summed E-state index contributed by atoms with van der Waals surface area (Å²) in [5.41, 5.74) is 2.95. The predicted molar refractivity (Wildman–Crippen MR) is 163 cm³/mol. The number of anilines is 3. The highest BCUT2D eigenvalue weighted by Gasteiger charge is 2.39. The molecule has 0 aliphatic carbocycles. The summed E-state index contributed by atoms with van der Waals surface area (Å²) in [5.74, 6) is -1.66. The summed E-state index contributed by atoms with van der Waals surface area (Å²) >= 11 is 1.35. The molecular formula is C32H30N4O5S. The van der Waals surface area contributed by atoms with Crippen molar-refractivity contribution in [3.8, 4) is 5.75 Å². The molecule has 42 heavy (non-hydrogen) atoms. The number of nitrogens with zero attached hydrogens (tertiary/aromatic N) is 3. The maximum Gasteiger partial charge on any atom is 0.299 e. The lowest BCUT2D eigenvalue weighted by Gasteiger charge is -2.32. The van der Waals surface area contributed by atoms with E-state index >= 15 is 0 Å². The lowest BCUT2D eigenvalue weighted by molar-refractivity contribution is -0.138. The van der Waals surface area contributed by atoms with Gasteiger partial charge in [0.25, 0.3) is 17.6 Å². The number of amides is 3. The van der Waals surface area contributed by atoms with Crippen molar-refractivity contribution in [3.05, 3.63) is 106 Å². The van der Waals surface area contributed by atoms with Crippen LogP contribution in [0.25, 0.3) is 0 Å². The van der Waals surface area contributed by atoms with Crippen molar-refractivity contribution in [2.45, 2.75) is 12.6 Å². The molecule has 3 amide bonds. The molecule has 10 heteroatoms. The van der Waals surface area contributed by atoms with E-state index in [2.05, 4.69) is 5.32 Å². The molecule has 0 saturated carbocycles. The number of para-hydroxylation sites is 1. The summed E-state index contributed by atoms with van der Waals surface area (Å²) in [7, 11) is 5.43. The highest BCUT2D eigenvalue weighted by molar-refractivity contribution is 7.10. The van der Waals surface area contributed by atoms with E-state index in [1.807, 2.05) is 54.7 Å². The van der Waals surface area contributed by atoms with E-state index < -0.39 is 36.1 Å². The SMILES string of the molecule is COc1ccc(CN(C(=O)CN2C(=O)C(=O)c3ccccc32)C(C(=O)Nc2ccc(N(C)C)cc2)c2cccs2)cc1. The quantitative estimate of drug-likeness (QED) is 0.271. The molecule has 214 valence electrons. The Kier molecular flexibility index (Phi) is 8.35. The van der Waals surface area contributed by atoms with E-state index in [0.717, 1.165) is 11.3 Å². The molecule has 1 aliphatic heterocycles. The number of hydrogen-bond donors (Lipinski definition) is 1. The van der Waals surface area contributed by atoms with Gasteiger partial charge in [0.1, 0.15) is 18.3 Å².